The van der Waals surface area contributed by atoms with E-state index in [0.717, 1.165) is 38.8 Å². The summed E-state index contributed by atoms with van der Waals surface area (Å²) in [4.78, 5) is 0. The van der Waals surface area contributed by atoms with E-state index in [1.807, 2.05) is 0 Å². The molecule has 1 aliphatic rings. The summed E-state index contributed by atoms with van der Waals surface area (Å²) >= 11 is 0. The van der Waals surface area contributed by atoms with Gasteiger partial charge in [0.25, 0.3) is 0 Å². The van der Waals surface area contributed by atoms with Gasteiger partial charge in [0.15, 0.2) is 5.79 Å². The fourth-order valence-corrected chi connectivity index (χ4v) is 1.71. The summed E-state index contributed by atoms with van der Waals surface area (Å²) in [6, 6.07) is 0. The Morgan fingerprint density at radius 3 is 1.92 bits per heavy atom. The van der Waals surface area contributed by atoms with Crippen molar-refractivity contribution in [2.24, 2.45) is 0 Å². The van der Waals surface area contributed by atoms with Crippen LogP contribution in [0.3, 0.4) is 0 Å². The summed E-state index contributed by atoms with van der Waals surface area (Å²) < 4.78 is 10.8. The van der Waals surface area contributed by atoms with Crippen LogP contribution >= 0.6 is 0 Å². The number of ether oxygens (including phenoxy) is 2. The van der Waals surface area contributed by atoms with E-state index in [4.69, 9.17) is 9.47 Å². The van der Waals surface area contributed by atoms with Gasteiger partial charge < -0.3 is 14.8 Å². The van der Waals surface area contributed by atoms with Gasteiger partial charge in [0, 0.05) is 27.1 Å². The monoisotopic (exact) mass is 173 g/mol. The van der Waals surface area contributed by atoms with Crippen LogP contribution in [-0.2, 0) is 9.47 Å². The molecule has 0 radical (unpaired) electrons. The minimum atomic E-state index is -0.303. The first-order valence-electron chi connectivity index (χ1n) is 4.64. The van der Waals surface area contributed by atoms with Gasteiger partial charge >= 0.3 is 0 Å². The fraction of sp³-hybridized carbons (Fsp3) is 1.00. The van der Waals surface area contributed by atoms with Gasteiger partial charge in [-0.25, -0.2) is 0 Å². The molecule has 12 heavy (non-hydrogen) atoms. The molecule has 1 fully saturated rings. The number of rotatable bonds is 2. The van der Waals surface area contributed by atoms with E-state index in [-0.39, 0.29) is 5.79 Å². The minimum Gasteiger partial charge on any atom is -0.353 e. The molecule has 0 aromatic rings. The zero-order chi connectivity index (χ0) is 8.86. The fourth-order valence-electron chi connectivity index (χ4n) is 1.71. The topological polar surface area (TPSA) is 30.5 Å². The van der Waals surface area contributed by atoms with Gasteiger partial charge in [0.05, 0.1) is 0 Å². The van der Waals surface area contributed by atoms with Crippen LogP contribution in [0.15, 0.2) is 0 Å². The molecule has 1 saturated heterocycles. The summed E-state index contributed by atoms with van der Waals surface area (Å²) in [7, 11) is 3.47. The largest absolute Gasteiger partial charge is 0.353 e. The quantitative estimate of drug-likeness (QED) is 0.635. The van der Waals surface area contributed by atoms with Gasteiger partial charge in [-0.1, -0.05) is 0 Å². The van der Waals surface area contributed by atoms with Gasteiger partial charge in [-0.2, -0.15) is 0 Å². The van der Waals surface area contributed by atoms with Crippen LogP contribution in [0.25, 0.3) is 0 Å². The van der Waals surface area contributed by atoms with Crippen molar-refractivity contribution in [3.8, 4) is 0 Å². The summed E-state index contributed by atoms with van der Waals surface area (Å²) in [5.41, 5.74) is 0. The van der Waals surface area contributed by atoms with Crippen molar-refractivity contribution < 1.29 is 9.47 Å². The first-order valence-corrected chi connectivity index (χ1v) is 4.64. The maximum atomic E-state index is 5.41. The molecule has 0 bridgehead atoms. The molecular formula is C9H19NO2. The lowest BCUT2D eigenvalue weighted by molar-refractivity contribution is -0.216. The third-order valence-electron chi connectivity index (χ3n) is 2.57. The Morgan fingerprint density at radius 1 is 1.00 bits per heavy atom. The highest BCUT2D eigenvalue weighted by Crippen LogP contribution is 2.24. The number of hydrogen-bond donors (Lipinski definition) is 1. The molecule has 3 heteroatoms. The second kappa shape index (κ2) is 4.80. The van der Waals surface area contributed by atoms with E-state index >= 15 is 0 Å². The van der Waals surface area contributed by atoms with Gasteiger partial charge in [0.2, 0.25) is 0 Å². The van der Waals surface area contributed by atoms with Crippen LogP contribution in [0.2, 0.25) is 0 Å². The Labute approximate surface area is 74.4 Å². The van der Waals surface area contributed by atoms with Crippen molar-refractivity contribution in [3.05, 3.63) is 0 Å². The lowest BCUT2D eigenvalue weighted by atomic mass is 10.0. The second-order valence-corrected chi connectivity index (χ2v) is 3.28. The Balaban J connectivity index is 2.45. The lowest BCUT2D eigenvalue weighted by Gasteiger charge is -2.32. The molecule has 0 amide bonds. The second-order valence-electron chi connectivity index (χ2n) is 3.28. The molecule has 0 aliphatic carbocycles. The van der Waals surface area contributed by atoms with Gasteiger partial charge in [-0.05, 0) is 25.9 Å². The summed E-state index contributed by atoms with van der Waals surface area (Å²) in [5.74, 6) is -0.303. The molecule has 0 aromatic carbocycles. The van der Waals surface area contributed by atoms with Crippen molar-refractivity contribution >= 4 is 0 Å². The Morgan fingerprint density at radius 2 is 1.50 bits per heavy atom. The van der Waals surface area contributed by atoms with Crippen LogP contribution in [0.5, 0.6) is 0 Å². The maximum absolute atomic E-state index is 5.41. The van der Waals surface area contributed by atoms with Crippen LogP contribution < -0.4 is 5.32 Å². The van der Waals surface area contributed by atoms with Crippen molar-refractivity contribution in [1.29, 1.82) is 0 Å². The molecule has 0 spiro atoms. The first-order chi connectivity index (χ1) is 5.83. The Bertz CT molecular complexity index is 114. The molecule has 0 saturated carbocycles. The number of methoxy groups -OCH3 is 2. The molecule has 0 atom stereocenters. The Kier molecular flexibility index (Phi) is 3.98. The van der Waals surface area contributed by atoms with E-state index in [1.165, 1.54) is 0 Å². The summed E-state index contributed by atoms with van der Waals surface area (Å²) in [6.45, 7) is 2.16. The predicted octanol–water partition coefficient (Wildman–Crippen LogP) is 1.14. The average molecular weight is 173 g/mol. The molecule has 72 valence electrons. The van der Waals surface area contributed by atoms with E-state index in [0.29, 0.717) is 0 Å². The van der Waals surface area contributed by atoms with Crippen LogP contribution in [-0.4, -0.2) is 33.1 Å². The lowest BCUT2D eigenvalue weighted by Crippen LogP contribution is -2.37. The smallest absolute Gasteiger partial charge is 0.167 e. The molecule has 0 aromatic heterocycles. The van der Waals surface area contributed by atoms with Crippen LogP contribution in [0.4, 0.5) is 0 Å². The highest BCUT2D eigenvalue weighted by Gasteiger charge is 2.28. The minimum absolute atomic E-state index is 0.303. The van der Waals surface area contributed by atoms with Crippen LogP contribution in [0, 0.1) is 0 Å². The zero-order valence-corrected chi connectivity index (χ0v) is 8.06. The normalized spacial score (nSPS) is 24.5. The molecule has 3 nitrogen and oxygen atoms in total. The van der Waals surface area contributed by atoms with Crippen molar-refractivity contribution in [2.75, 3.05) is 27.3 Å². The molecule has 0 unspecified atom stereocenters. The molecule has 1 aliphatic heterocycles. The van der Waals surface area contributed by atoms with E-state index < -0.39 is 0 Å². The molecule has 1 N–H and O–H groups in total. The van der Waals surface area contributed by atoms with Crippen molar-refractivity contribution in [3.63, 3.8) is 0 Å². The van der Waals surface area contributed by atoms with Crippen molar-refractivity contribution in [1.82, 2.24) is 5.32 Å². The average Bonchev–Trinajstić information content (AvgIpc) is 2.06. The van der Waals surface area contributed by atoms with Crippen LogP contribution in [0.1, 0.15) is 25.7 Å². The van der Waals surface area contributed by atoms with Gasteiger partial charge in [0.1, 0.15) is 0 Å². The van der Waals surface area contributed by atoms with Gasteiger partial charge in [-0.15, -0.1) is 0 Å². The highest BCUT2D eigenvalue weighted by atomic mass is 16.7. The maximum Gasteiger partial charge on any atom is 0.167 e. The standard InChI is InChI=1S/C9H19NO2/c1-11-9(12-2)5-3-7-10-8-4-6-9/h10H,3-8H2,1-2H3. The number of hydrogen-bond acceptors (Lipinski definition) is 3. The van der Waals surface area contributed by atoms with E-state index in [1.54, 1.807) is 14.2 Å². The zero-order valence-electron chi connectivity index (χ0n) is 8.06. The summed E-state index contributed by atoms with van der Waals surface area (Å²) in [5, 5.41) is 3.36. The predicted molar refractivity (Wildman–Crippen MR) is 48.1 cm³/mol. The first kappa shape index (κ1) is 9.96. The molecule has 1 heterocycles. The SMILES string of the molecule is COC1(OC)CCCNCCC1. The third kappa shape index (κ3) is 2.44. The number of nitrogens with one attached hydrogen (secondary N) is 1. The van der Waals surface area contributed by atoms with E-state index in [2.05, 4.69) is 5.32 Å². The van der Waals surface area contributed by atoms with Gasteiger partial charge in [-0.3, -0.25) is 0 Å². The molecular weight excluding hydrogens is 154 g/mol. The van der Waals surface area contributed by atoms with E-state index in [9.17, 15) is 0 Å². The molecule has 1 rings (SSSR count). The van der Waals surface area contributed by atoms with Crippen molar-refractivity contribution in [2.45, 2.75) is 31.5 Å². The Hall–Kier alpha value is -0.120. The third-order valence-corrected chi connectivity index (χ3v) is 2.57. The highest BCUT2D eigenvalue weighted by molar-refractivity contribution is 4.72. The summed E-state index contributed by atoms with van der Waals surface area (Å²) in [6.07, 6.45) is 4.24.